The number of nitrogens with two attached hydrogens (primary N) is 1. The monoisotopic (exact) mass is 179 g/mol. The maximum absolute atomic E-state index is 9.71. The Morgan fingerprint density at radius 3 is 2.12 bits per heavy atom. The number of hydrogen-bond acceptors (Lipinski definition) is 4. The molecule has 6 heteroatoms. The molecule has 0 saturated heterocycles. The van der Waals surface area contributed by atoms with E-state index in [4.69, 9.17) is 0 Å². The van der Waals surface area contributed by atoms with E-state index in [0.29, 0.717) is 0 Å². The summed E-state index contributed by atoms with van der Waals surface area (Å²) < 4.78 is 3.41. The first-order chi connectivity index (χ1) is 3.13. The fourth-order valence-electron chi connectivity index (χ4n) is 0.104. The summed E-state index contributed by atoms with van der Waals surface area (Å²) in [7, 11) is 0. The summed E-state index contributed by atoms with van der Waals surface area (Å²) in [5.74, 6) is 0. The summed E-state index contributed by atoms with van der Waals surface area (Å²) in [6.07, 6.45) is -0.866. The van der Waals surface area contributed by atoms with Crippen LogP contribution in [0.4, 0.5) is 4.79 Å². The molecule has 0 aromatic heterocycles. The van der Waals surface area contributed by atoms with Crippen LogP contribution < -0.4 is 57.1 Å². The fourth-order valence-corrected chi connectivity index (χ4v) is 0.312. The molecule has 3 nitrogen and oxygen atoms in total. The van der Waals surface area contributed by atoms with Crippen molar-refractivity contribution in [3.63, 3.8) is 0 Å². The maximum Gasteiger partial charge on any atom is 1.00 e. The molecule has 0 bridgehead atoms. The molecule has 0 aliphatic heterocycles. The number of rotatable bonds is 1. The van der Waals surface area contributed by atoms with Crippen LogP contribution in [0, 0.1) is 0 Å². The van der Waals surface area contributed by atoms with Crippen LogP contribution in [0.5, 0.6) is 0 Å². The van der Waals surface area contributed by atoms with Crippen molar-refractivity contribution in [1.82, 2.24) is 0 Å². The number of carbonyl (C=O) groups is 1. The first-order valence-electron chi connectivity index (χ1n) is 1.45. The van der Waals surface area contributed by atoms with Crippen molar-refractivity contribution in [2.24, 2.45) is 5.73 Å². The topological polar surface area (TPSA) is 52.3 Å². The molecule has 0 fully saturated rings. The second kappa shape index (κ2) is 6.72. The zero-order valence-corrected chi connectivity index (χ0v) is 9.28. The molecule has 0 saturated carbocycles. The van der Waals surface area contributed by atoms with Crippen LogP contribution in [0.3, 0.4) is 0 Å². The molecule has 0 unspecified atom stereocenters. The summed E-state index contributed by atoms with van der Waals surface area (Å²) in [5.41, 5.74) is 4.53. The van der Waals surface area contributed by atoms with Crippen molar-refractivity contribution in [3.8, 4) is 0 Å². The van der Waals surface area contributed by atoms with Gasteiger partial charge in [-0.15, -0.1) is 25.3 Å². The molecule has 0 aliphatic carbocycles. The number of amides is 1. The van der Waals surface area contributed by atoms with Crippen molar-refractivity contribution < 1.29 is 62.3 Å². The molecule has 0 aliphatic rings. The number of primary amides is 1. The minimum absolute atomic E-state index is 0. The van der Waals surface area contributed by atoms with Gasteiger partial charge in [-0.2, -0.15) is 0 Å². The molecule has 0 rings (SSSR count). The Morgan fingerprint density at radius 2 is 2.12 bits per heavy atom. The first-order valence-corrected chi connectivity index (χ1v) is 2.48. The molecule has 0 radical (unpaired) electrons. The van der Waals surface area contributed by atoms with E-state index in [1.54, 1.807) is 0 Å². The Bertz CT molecular complexity index is 83.0. The quantitative estimate of drug-likeness (QED) is 0.234. The molecule has 2 N–H and O–H groups in total. The molecule has 1 amide bonds. The van der Waals surface area contributed by atoms with Crippen LogP contribution >= 0.6 is 25.3 Å². The van der Waals surface area contributed by atoms with Gasteiger partial charge in [0.1, 0.15) is 0 Å². The molecular formula is C2H6KNO2S2. The first kappa shape index (κ1) is 12.3. The van der Waals surface area contributed by atoms with Crippen LogP contribution in [0.2, 0.25) is 0 Å². The van der Waals surface area contributed by atoms with E-state index in [1.165, 1.54) is 0 Å². The minimum Gasteiger partial charge on any atom is -1.00 e. The van der Waals surface area contributed by atoms with Gasteiger partial charge < -0.3 is 11.9 Å². The normalized spacial score (nSPS) is 7.88. The number of thiol groups is 2. The Balaban J connectivity index is -0.000000180. The van der Waals surface area contributed by atoms with Gasteiger partial charge in [0.2, 0.25) is 0 Å². The van der Waals surface area contributed by atoms with Gasteiger partial charge in [-0.25, -0.2) is 4.79 Å². The van der Waals surface area contributed by atoms with Crippen molar-refractivity contribution in [1.29, 1.82) is 0 Å². The van der Waals surface area contributed by atoms with Crippen LogP contribution in [0.1, 0.15) is 1.43 Å². The van der Waals surface area contributed by atoms with E-state index in [2.05, 4.69) is 35.7 Å². The van der Waals surface area contributed by atoms with Crippen molar-refractivity contribution in [2.45, 2.75) is 4.77 Å². The van der Waals surface area contributed by atoms with Crippen molar-refractivity contribution >= 4 is 31.4 Å². The predicted molar refractivity (Wildman–Crippen MR) is 33.5 cm³/mol. The van der Waals surface area contributed by atoms with Crippen LogP contribution in [0.15, 0.2) is 0 Å². The zero-order valence-electron chi connectivity index (χ0n) is 5.37. The minimum atomic E-state index is -0.866. The summed E-state index contributed by atoms with van der Waals surface area (Å²) in [6.45, 7) is 0. The molecular weight excluding hydrogens is 173 g/mol. The summed E-state index contributed by atoms with van der Waals surface area (Å²) in [6, 6.07) is 0. The van der Waals surface area contributed by atoms with E-state index in [9.17, 15) is 4.79 Å². The van der Waals surface area contributed by atoms with Gasteiger partial charge >= 0.3 is 57.5 Å². The molecule has 0 aromatic carbocycles. The molecule has 0 spiro atoms. The van der Waals surface area contributed by atoms with Crippen molar-refractivity contribution in [2.75, 3.05) is 0 Å². The number of carbonyl (C=O) groups excluding carboxylic acids is 1. The van der Waals surface area contributed by atoms with Gasteiger partial charge in [-0.3, -0.25) is 0 Å². The van der Waals surface area contributed by atoms with Crippen molar-refractivity contribution in [3.05, 3.63) is 0 Å². The number of hydrogen-bond donors (Lipinski definition) is 3. The second-order valence-electron chi connectivity index (χ2n) is 0.763. The molecule has 0 atom stereocenters. The summed E-state index contributed by atoms with van der Waals surface area (Å²) >= 11 is 7.16. The van der Waals surface area contributed by atoms with E-state index in [0.717, 1.165) is 0 Å². The van der Waals surface area contributed by atoms with Crippen LogP contribution in [-0.2, 0) is 4.74 Å². The Kier molecular flexibility index (Phi) is 10.3. The van der Waals surface area contributed by atoms with Crippen LogP contribution in [0.25, 0.3) is 0 Å². The van der Waals surface area contributed by atoms with Gasteiger partial charge in [-0.1, -0.05) is 0 Å². The Morgan fingerprint density at radius 1 is 1.75 bits per heavy atom. The van der Waals surface area contributed by atoms with Gasteiger partial charge in [0.15, 0.2) is 4.77 Å². The Labute approximate surface area is 102 Å². The molecule has 0 heterocycles. The smallest absolute Gasteiger partial charge is 1.00 e. The predicted octanol–water partition coefficient (Wildman–Crippen LogP) is -2.66. The van der Waals surface area contributed by atoms with E-state index in [-0.39, 0.29) is 52.8 Å². The maximum atomic E-state index is 9.71. The summed E-state index contributed by atoms with van der Waals surface area (Å²) in [4.78, 5) is 9.71. The third-order valence-electron chi connectivity index (χ3n) is 0.222. The van der Waals surface area contributed by atoms with Gasteiger partial charge in [-0.05, 0) is 0 Å². The fraction of sp³-hybridized carbons (Fsp3) is 0.500. The zero-order chi connectivity index (χ0) is 5.86. The van der Waals surface area contributed by atoms with E-state index in [1.807, 2.05) is 0 Å². The largest absolute Gasteiger partial charge is 1.00 e. The third-order valence-corrected chi connectivity index (χ3v) is 0.432. The average Bonchev–Trinajstić information content (AvgIpc) is 1.27. The van der Waals surface area contributed by atoms with E-state index < -0.39 is 10.9 Å². The Hall–Kier alpha value is 1.61. The van der Waals surface area contributed by atoms with Gasteiger partial charge in [0, 0.05) is 0 Å². The van der Waals surface area contributed by atoms with Gasteiger partial charge in [0.25, 0.3) is 0 Å². The molecule has 44 valence electrons. The van der Waals surface area contributed by atoms with Crippen LogP contribution in [-0.4, -0.2) is 10.9 Å². The third kappa shape index (κ3) is 10.6. The average molecular weight is 179 g/mol. The molecule has 8 heavy (non-hydrogen) atoms. The number of ether oxygens (including phenoxy) is 1. The SMILES string of the molecule is NC(=O)OC(S)S.[H-].[K+]. The van der Waals surface area contributed by atoms with E-state index >= 15 is 0 Å². The summed E-state index contributed by atoms with van der Waals surface area (Å²) in [5, 5.41) is 0. The van der Waals surface area contributed by atoms with Gasteiger partial charge in [0.05, 0.1) is 0 Å². The molecule has 0 aromatic rings. The second-order valence-corrected chi connectivity index (χ2v) is 2.11. The standard InChI is InChI=1S/C2H5NO2S2.K.H/c3-1(4)5-2(6)7;;/h2,6-7H,(H2,3,4);;/q;+1;-1.